The minimum Gasteiger partial charge on any atom is -0.489 e. The third-order valence-corrected chi connectivity index (χ3v) is 8.52. The SMILES string of the molecule is CCc1ccccc1N=C1S/C(=C/c2ccc(OCc3ccc(Cl)cc3Cl)cc2)C(=O)N1C1CCCCC1. The van der Waals surface area contributed by atoms with Crippen molar-refractivity contribution in [2.45, 2.75) is 58.1 Å². The number of thioether (sulfide) groups is 1. The molecule has 1 heterocycles. The summed E-state index contributed by atoms with van der Waals surface area (Å²) in [6, 6.07) is 21.5. The summed E-state index contributed by atoms with van der Waals surface area (Å²) in [6.45, 7) is 2.48. The van der Waals surface area contributed by atoms with Gasteiger partial charge in [-0.25, -0.2) is 4.99 Å². The Balaban J connectivity index is 1.36. The number of aryl methyl sites for hydroxylation is 1. The molecule has 0 N–H and O–H groups in total. The van der Waals surface area contributed by atoms with Crippen LogP contribution in [0, 0.1) is 0 Å². The van der Waals surface area contributed by atoms with Crippen molar-refractivity contribution in [2.24, 2.45) is 4.99 Å². The Labute approximate surface area is 238 Å². The molecule has 1 aliphatic carbocycles. The Kier molecular flexibility index (Phi) is 8.78. The standard InChI is InChI=1S/C31H30Cl2N2O2S/c1-2-22-8-6-7-11-28(22)34-31-35(25-9-4-3-5-10-25)30(36)29(38-31)18-21-12-16-26(17-13-21)37-20-23-14-15-24(32)19-27(23)33/h6-8,11-19,25H,2-5,9-10,20H2,1H3/b29-18+,34-31?. The van der Waals surface area contributed by atoms with E-state index in [0.29, 0.717) is 21.6 Å². The molecule has 196 valence electrons. The summed E-state index contributed by atoms with van der Waals surface area (Å²) in [5.41, 5.74) is 3.94. The van der Waals surface area contributed by atoms with Crippen molar-refractivity contribution in [3.63, 3.8) is 0 Å². The monoisotopic (exact) mass is 564 g/mol. The minimum atomic E-state index is 0.0485. The van der Waals surface area contributed by atoms with E-state index >= 15 is 0 Å². The lowest BCUT2D eigenvalue weighted by Gasteiger charge is -2.30. The van der Waals surface area contributed by atoms with E-state index in [0.717, 1.165) is 59.8 Å². The number of hydrogen-bond acceptors (Lipinski definition) is 4. The molecule has 1 aliphatic heterocycles. The molecule has 0 aromatic heterocycles. The van der Waals surface area contributed by atoms with Crippen LogP contribution in [-0.2, 0) is 17.8 Å². The summed E-state index contributed by atoms with van der Waals surface area (Å²) in [6.07, 6.45) is 8.44. The molecule has 1 amide bonds. The largest absolute Gasteiger partial charge is 0.489 e. The molecule has 5 rings (SSSR count). The Morgan fingerprint density at radius 2 is 1.76 bits per heavy atom. The van der Waals surface area contributed by atoms with Gasteiger partial charge in [0, 0.05) is 21.7 Å². The Hall–Kier alpha value is -2.73. The van der Waals surface area contributed by atoms with E-state index in [1.165, 1.54) is 23.7 Å². The van der Waals surface area contributed by atoms with Crippen molar-refractivity contribution in [3.05, 3.63) is 98.4 Å². The molecule has 3 aromatic carbocycles. The maximum Gasteiger partial charge on any atom is 0.267 e. The molecule has 0 unspecified atom stereocenters. The zero-order chi connectivity index (χ0) is 26.5. The molecule has 1 saturated heterocycles. The highest BCUT2D eigenvalue weighted by Crippen LogP contribution is 2.39. The van der Waals surface area contributed by atoms with Gasteiger partial charge in [-0.15, -0.1) is 0 Å². The van der Waals surface area contributed by atoms with Crippen LogP contribution in [0.5, 0.6) is 5.75 Å². The number of carbonyl (C=O) groups excluding carboxylic acids is 1. The summed E-state index contributed by atoms with van der Waals surface area (Å²) in [5, 5.41) is 1.96. The summed E-state index contributed by atoms with van der Waals surface area (Å²) in [7, 11) is 0. The number of halogens is 2. The number of benzene rings is 3. The first kappa shape index (κ1) is 26.9. The molecule has 0 bridgehead atoms. The molecule has 0 spiro atoms. The molecule has 3 aromatic rings. The van der Waals surface area contributed by atoms with Crippen molar-refractivity contribution < 1.29 is 9.53 Å². The van der Waals surface area contributed by atoms with Gasteiger partial charge in [-0.3, -0.25) is 9.69 Å². The number of carbonyl (C=O) groups is 1. The summed E-state index contributed by atoms with van der Waals surface area (Å²) >= 11 is 13.7. The average molecular weight is 566 g/mol. The van der Waals surface area contributed by atoms with Crippen LogP contribution in [0.15, 0.2) is 76.6 Å². The van der Waals surface area contributed by atoms with E-state index in [-0.39, 0.29) is 11.9 Å². The van der Waals surface area contributed by atoms with Crippen LogP contribution in [-0.4, -0.2) is 22.0 Å². The molecule has 1 saturated carbocycles. The van der Waals surface area contributed by atoms with Gasteiger partial charge in [-0.2, -0.15) is 0 Å². The van der Waals surface area contributed by atoms with Crippen LogP contribution in [0.3, 0.4) is 0 Å². The highest BCUT2D eigenvalue weighted by Gasteiger charge is 2.38. The zero-order valence-electron chi connectivity index (χ0n) is 21.3. The fourth-order valence-electron chi connectivity index (χ4n) is 4.86. The van der Waals surface area contributed by atoms with E-state index in [4.69, 9.17) is 32.9 Å². The second-order valence-corrected chi connectivity index (χ2v) is 11.4. The van der Waals surface area contributed by atoms with Crippen molar-refractivity contribution in [1.82, 2.24) is 4.90 Å². The number of rotatable bonds is 7. The molecular formula is C31H30Cl2N2O2S. The maximum atomic E-state index is 13.7. The van der Waals surface area contributed by atoms with Crippen molar-refractivity contribution in [2.75, 3.05) is 0 Å². The van der Waals surface area contributed by atoms with Gasteiger partial charge in [0.1, 0.15) is 12.4 Å². The van der Waals surface area contributed by atoms with Crippen molar-refractivity contribution >= 4 is 57.8 Å². The number of nitrogens with zero attached hydrogens (tertiary/aromatic N) is 2. The van der Waals surface area contributed by atoms with E-state index in [2.05, 4.69) is 13.0 Å². The second-order valence-electron chi connectivity index (χ2n) is 9.55. The summed E-state index contributed by atoms with van der Waals surface area (Å²) < 4.78 is 5.91. The number of amides is 1. The topological polar surface area (TPSA) is 41.9 Å². The van der Waals surface area contributed by atoms with Gasteiger partial charge in [0.25, 0.3) is 5.91 Å². The lowest BCUT2D eigenvalue weighted by molar-refractivity contribution is -0.124. The van der Waals surface area contributed by atoms with Crippen LogP contribution >= 0.6 is 35.0 Å². The van der Waals surface area contributed by atoms with Gasteiger partial charge < -0.3 is 4.74 Å². The Morgan fingerprint density at radius 1 is 1.00 bits per heavy atom. The van der Waals surface area contributed by atoms with Crippen LogP contribution in [0.4, 0.5) is 5.69 Å². The minimum absolute atomic E-state index is 0.0485. The van der Waals surface area contributed by atoms with E-state index in [1.807, 2.05) is 59.5 Å². The third kappa shape index (κ3) is 6.28. The van der Waals surface area contributed by atoms with Crippen LogP contribution in [0.1, 0.15) is 55.7 Å². The highest BCUT2D eigenvalue weighted by molar-refractivity contribution is 8.18. The van der Waals surface area contributed by atoms with Gasteiger partial charge in [-0.1, -0.05) is 85.8 Å². The number of para-hydroxylation sites is 1. The van der Waals surface area contributed by atoms with Gasteiger partial charge in [0.15, 0.2) is 5.17 Å². The highest BCUT2D eigenvalue weighted by atomic mass is 35.5. The summed E-state index contributed by atoms with van der Waals surface area (Å²) in [5.74, 6) is 0.776. The fourth-order valence-corrected chi connectivity index (χ4v) is 6.37. The number of aliphatic imine (C=N–C) groups is 1. The predicted molar refractivity (Wildman–Crippen MR) is 159 cm³/mol. The zero-order valence-corrected chi connectivity index (χ0v) is 23.7. The van der Waals surface area contributed by atoms with E-state index in [9.17, 15) is 4.79 Å². The van der Waals surface area contributed by atoms with E-state index < -0.39 is 0 Å². The quantitative estimate of drug-likeness (QED) is 0.269. The number of hydrogen-bond donors (Lipinski definition) is 0. The Bertz CT molecular complexity index is 1360. The van der Waals surface area contributed by atoms with Gasteiger partial charge in [0.2, 0.25) is 0 Å². The number of amidine groups is 1. The van der Waals surface area contributed by atoms with E-state index in [1.54, 1.807) is 12.1 Å². The smallest absolute Gasteiger partial charge is 0.267 e. The predicted octanol–water partition coefficient (Wildman–Crippen LogP) is 9.07. The lowest BCUT2D eigenvalue weighted by atomic mass is 9.94. The van der Waals surface area contributed by atoms with Crippen LogP contribution in [0.2, 0.25) is 10.0 Å². The normalized spacial score (nSPS) is 18.5. The van der Waals surface area contributed by atoms with Gasteiger partial charge >= 0.3 is 0 Å². The molecule has 4 nitrogen and oxygen atoms in total. The number of ether oxygens (including phenoxy) is 1. The Morgan fingerprint density at radius 3 is 2.50 bits per heavy atom. The summed E-state index contributed by atoms with van der Waals surface area (Å²) in [4.78, 5) is 21.3. The first-order valence-electron chi connectivity index (χ1n) is 13.1. The molecule has 0 atom stereocenters. The van der Waals surface area contributed by atoms with Crippen LogP contribution < -0.4 is 4.74 Å². The molecule has 2 fully saturated rings. The average Bonchev–Trinajstić information content (AvgIpc) is 3.23. The fraction of sp³-hybridized carbons (Fsp3) is 0.290. The first-order chi connectivity index (χ1) is 18.5. The third-order valence-electron chi connectivity index (χ3n) is 6.95. The molecule has 38 heavy (non-hydrogen) atoms. The molecular weight excluding hydrogens is 535 g/mol. The van der Waals surface area contributed by atoms with Crippen molar-refractivity contribution in [3.8, 4) is 5.75 Å². The molecule has 0 radical (unpaired) electrons. The first-order valence-corrected chi connectivity index (χ1v) is 14.7. The van der Waals surface area contributed by atoms with Gasteiger partial charge in [0.05, 0.1) is 10.6 Å². The second kappa shape index (κ2) is 12.4. The van der Waals surface area contributed by atoms with Crippen LogP contribution in [0.25, 0.3) is 6.08 Å². The lowest BCUT2D eigenvalue weighted by Crippen LogP contribution is -2.40. The van der Waals surface area contributed by atoms with Gasteiger partial charge in [-0.05, 0) is 78.6 Å². The van der Waals surface area contributed by atoms with Crippen molar-refractivity contribution in [1.29, 1.82) is 0 Å². The maximum absolute atomic E-state index is 13.7. The molecule has 7 heteroatoms. The molecule has 2 aliphatic rings.